The first-order valence-corrected chi connectivity index (χ1v) is 9.24. The van der Waals surface area contributed by atoms with Gasteiger partial charge in [0.25, 0.3) is 5.69 Å². The third-order valence-corrected chi connectivity index (χ3v) is 4.73. The Bertz CT molecular complexity index is 1280. The van der Waals surface area contributed by atoms with Gasteiger partial charge in [-0.2, -0.15) is 4.73 Å². The smallest absolute Gasteiger partial charge is 0.357 e. The van der Waals surface area contributed by atoms with E-state index in [-0.39, 0.29) is 17.8 Å². The van der Waals surface area contributed by atoms with Crippen molar-refractivity contribution in [2.24, 2.45) is 0 Å². The summed E-state index contributed by atoms with van der Waals surface area (Å²) >= 11 is 0. The molecule has 1 heterocycles. The molecule has 0 atom stereocenters. The number of fused-ring (bicyclic) bond motifs is 1. The molecule has 0 saturated heterocycles. The van der Waals surface area contributed by atoms with E-state index in [4.69, 9.17) is 9.57 Å². The van der Waals surface area contributed by atoms with E-state index >= 15 is 0 Å². The summed E-state index contributed by atoms with van der Waals surface area (Å²) in [7, 11) is 1.30. The fourth-order valence-corrected chi connectivity index (χ4v) is 3.27. The van der Waals surface area contributed by atoms with Gasteiger partial charge in [0.15, 0.2) is 5.52 Å². The highest BCUT2D eigenvalue weighted by atomic mass is 16.7. The molecule has 30 heavy (non-hydrogen) atoms. The number of benzene rings is 3. The molecule has 0 aliphatic heterocycles. The second-order valence-electron chi connectivity index (χ2n) is 6.52. The molecule has 0 unspecified atom stereocenters. The maximum atomic E-state index is 13.2. The first-order chi connectivity index (χ1) is 14.6. The van der Waals surface area contributed by atoms with Gasteiger partial charge in [-0.05, 0) is 24.3 Å². The molecule has 0 radical (unpaired) electrons. The minimum Gasteiger partial charge on any atom is -0.618 e. The van der Waals surface area contributed by atoms with E-state index in [0.29, 0.717) is 26.9 Å². The molecule has 0 saturated carbocycles. The fourth-order valence-electron chi connectivity index (χ4n) is 3.27. The van der Waals surface area contributed by atoms with Gasteiger partial charge in [-0.25, -0.2) is 4.79 Å². The van der Waals surface area contributed by atoms with Gasteiger partial charge in [0.05, 0.1) is 18.2 Å². The lowest BCUT2D eigenvalue weighted by molar-refractivity contribution is -0.566. The van der Waals surface area contributed by atoms with Crippen molar-refractivity contribution in [1.29, 1.82) is 0 Å². The Morgan fingerprint density at radius 2 is 1.63 bits per heavy atom. The van der Waals surface area contributed by atoms with Gasteiger partial charge in [-0.3, -0.25) is 4.79 Å². The molecule has 150 valence electrons. The lowest BCUT2D eigenvalue weighted by Crippen LogP contribution is -2.42. The highest BCUT2D eigenvalue weighted by Crippen LogP contribution is 2.16. The van der Waals surface area contributed by atoms with Gasteiger partial charge < -0.3 is 14.8 Å². The van der Waals surface area contributed by atoms with Gasteiger partial charge >= 0.3 is 11.5 Å². The molecular weight excluding hydrogens is 384 g/mol. The molecule has 0 fully saturated rings. The van der Waals surface area contributed by atoms with Crippen LogP contribution in [0.15, 0.2) is 83.7 Å². The molecule has 0 N–H and O–H groups in total. The van der Waals surface area contributed by atoms with Crippen LogP contribution in [0, 0.1) is 5.21 Å². The van der Waals surface area contributed by atoms with Crippen molar-refractivity contribution in [2.45, 2.75) is 6.61 Å². The van der Waals surface area contributed by atoms with Crippen molar-refractivity contribution in [3.63, 3.8) is 0 Å². The number of methoxy groups -OCH3 is 1. The van der Waals surface area contributed by atoms with Crippen LogP contribution in [0.25, 0.3) is 22.3 Å². The van der Waals surface area contributed by atoms with Crippen molar-refractivity contribution >= 4 is 17.0 Å². The van der Waals surface area contributed by atoms with Crippen molar-refractivity contribution < 1.29 is 19.1 Å². The van der Waals surface area contributed by atoms with Crippen LogP contribution in [0.5, 0.6) is 0 Å². The van der Waals surface area contributed by atoms with E-state index in [1.165, 1.54) is 7.11 Å². The summed E-state index contributed by atoms with van der Waals surface area (Å²) in [6, 6.07) is 22.2. The van der Waals surface area contributed by atoms with Crippen LogP contribution in [0.3, 0.4) is 0 Å². The summed E-state index contributed by atoms with van der Waals surface area (Å²) in [5.74, 6) is -0.498. The first kappa shape index (κ1) is 19.2. The van der Waals surface area contributed by atoms with Gasteiger partial charge in [0.1, 0.15) is 6.61 Å². The molecule has 4 rings (SSSR count). The van der Waals surface area contributed by atoms with Gasteiger partial charge in [0.2, 0.25) is 5.52 Å². The first-order valence-electron chi connectivity index (χ1n) is 9.24. The number of nitrogens with zero attached hydrogens (tertiary/aromatic N) is 2. The van der Waals surface area contributed by atoms with Crippen LogP contribution in [-0.2, 0) is 11.3 Å². The zero-order valence-electron chi connectivity index (χ0n) is 16.1. The number of rotatable bonds is 5. The number of carbonyl (C=O) groups excluding carboxylic acids is 1. The normalized spacial score (nSPS) is 10.7. The van der Waals surface area contributed by atoms with Crippen LogP contribution < -0.4 is 15.1 Å². The minimum absolute atomic E-state index is 0.0458. The number of esters is 1. The Labute approximate surface area is 171 Å². The van der Waals surface area contributed by atoms with Crippen LogP contribution in [0.4, 0.5) is 0 Å². The SMILES string of the molecule is COC(=O)c1ccccc1COn1c(=O)c(-c2ccccc2)[n+]([O-])c2ccccc21. The number of ether oxygens (including phenoxy) is 1. The van der Waals surface area contributed by atoms with E-state index < -0.39 is 11.5 Å². The van der Waals surface area contributed by atoms with Crippen molar-refractivity contribution in [3.8, 4) is 11.3 Å². The zero-order valence-corrected chi connectivity index (χ0v) is 16.1. The van der Waals surface area contributed by atoms with Crippen LogP contribution in [0.2, 0.25) is 0 Å². The predicted molar refractivity (Wildman–Crippen MR) is 111 cm³/mol. The highest BCUT2D eigenvalue weighted by molar-refractivity contribution is 5.90. The van der Waals surface area contributed by atoms with Gasteiger partial charge in [-0.15, -0.1) is 4.73 Å². The van der Waals surface area contributed by atoms with Gasteiger partial charge in [-0.1, -0.05) is 48.5 Å². The lowest BCUT2D eigenvalue weighted by atomic mass is 10.1. The fraction of sp³-hybridized carbons (Fsp3) is 0.0870. The van der Waals surface area contributed by atoms with Crippen LogP contribution in [0.1, 0.15) is 15.9 Å². The third kappa shape index (κ3) is 3.37. The number of carbonyl (C=O) groups is 1. The van der Waals surface area contributed by atoms with E-state index in [2.05, 4.69) is 0 Å². The molecule has 4 aromatic rings. The molecule has 0 amide bonds. The Morgan fingerprint density at radius 3 is 2.40 bits per heavy atom. The number of aromatic nitrogens is 2. The summed E-state index contributed by atoms with van der Waals surface area (Å²) in [6.45, 7) is -0.0632. The Balaban J connectivity index is 1.84. The molecule has 0 aliphatic carbocycles. The molecule has 0 spiro atoms. The van der Waals surface area contributed by atoms with E-state index in [1.807, 2.05) is 0 Å². The van der Waals surface area contributed by atoms with E-state index in [1.54, 1.807) is 78.9 Å². The molecule has 1 aromatic heterocycles. The third-order valence-electron chi connectivity index (χ3n) is 4.73. The van der Waals surface area contributed by atoms with E-state index in [9.17, 15) is 14.8 Å². The predicted octanol–water partition coefficient (Wildman–Crippen LogP) is 2.72. The van der Waals surface area contributed by atoms with E-state index in [0.717, 1.165) is 4.73 Å². The molecule has 0 bridgehead atoms. The summed E-state index contributed by atoms with van der Waals surface area (Å²) < 4.78 is 6.53. The average molecular weight is 402 g/mol. The maximum absolute atomic E-state index is 13.2. The zero-order chi connectivity index (χ0) is 21.1. The standard InChI is InChI=1S/C23H18N2O5/c1-29-23(27)18-12-6-5-11-17(18)15-30-25-20-14-8-7-13-19(20)24(28)21(22(25)26)16-9-3-2-4-10-16/h2-14H,15H2,1H3. The van der Waals surface area contributed by atoms with Crippen LogP contribution in [-0.4, -0.2) is 17.8 Å². The van der Waals surface area contributed by atoms with Gasteiger partial charge in [0, 0.05) is 11.6 Å². The van der Waals surface area contributed by atoms with Crippen LogP contribution >= 0.6 is 0 Å². The maximum Gasteiger partial charge on any atom is 0.357 e. The van der Waals surface area contributed by atoms with Crippen molar-refractivity contribution in [3.05, 3.63) is 106 Å². The lowest BCUT2D eigenvalue weighted by Gasteiger charge is -2.15. The Hall–Kier alpha value is -4.13. The topological polar surface area (TPSA) is 84.5 Å². The second-order valence-corrected chi connectivity index (χ2v) is 6.52. The minimum atomic E-state index is -0.592. The molecule has 7 nitrogen and oxygen atoms in total. The summed E-state index contributed by atoms with van der Waals surface area (Å²) in [5.41, 5.74) is 1.36. The molecular formula is C23H18N2O5. The Morgan fingerprint density at radius 1 is 0.967 bits per heavy atom. The van der Waals surface area contributed by atoms with Crippen molar-refractivity contribution in [2.75, 3.05) is 7.11 Å². The number of para-hydroxylation sites is 2. The highest BCUT2D eigenvalue weighted by Gasteiger charge is 2.23. The Kier molecular flexibility index (Phi) is 5.17. The summed E-state index contributed by atoms with van der Waals surface area (Å²) in [4.78, 5) is 31.1. The summed E-state index contributed by atoms with van der Waals surface area (Å²) in [5, 5.41) is 12.9. The summed E-state index contributed by atoms with van der Waals surface area (Å²) in [6.07, 6.45) is 0. The average Bonchev–Trinajstić information content (AvgIpc) is 2.79. The molecule has 0 aliphatic rings. The molecule has 3 aromatic carbocycles. The quantitative estimate of drug-likeness (QED) is 0.291. The largest absolute Gasteiger partial charge is 0.618 e. The number of hydrogen-bond donors (Lipinski definition) is 0. The molecule has 7 heteroatoms. The van der Waals surface area contributed by atoms with Crippen molar-refractivity contribution in [1.82, 2.24) is 4.73 Å². The number of hydrogen-bond acceptors (Lipinski definition) is 5. The monoisotopic (exact) mass is 402 g/mol. The second kappa shape index (κ2) is 8.08.